The summed E-state index contributed by atoms with van der Waals surface area (Å²) in [5.41, 5.74) is 1.95. The van der Waals surface area contributed by atoms with Gasteiger partial charge in [0.15, 0.2) is 6.10 Å². The van der Waals surface area contributed by atoms with Crippen LogP contribution in [0.15, 0.2) is 42.6 Å². The predicted octanol–water partition coefficient (Wildman–Crippen LogP) is 3.48. The van der Waals surface area contributed by atoms with Crippen molar-refractivity contribution < 1.29 is 14.3 Å². The monoisotopic (exact) mass is 332 g/mol. The van der Waals surface area contributed by atoms with Crippen LogP contribution < -0.4 is 5.32 Å². The van der Waals surface area contributed by atoms with E-state index in [4.69, 9.17) is 16.3 Å². The molecular formula is C17H17ClN2O3. The number of halogens is 1. The first-order valence-corrected chi connectivity index (χ1v) is 7.60. The van der Waals surface area contributed by atoms with Crippen molar-refractivity contribution >= 4 is 29.2 Å². The number of pyridine rings is 1. The summed E-state index contributed by atoms with van der Waals surface area (Å²) in [6, 6.07) is 10.5. The van der Waals surface area contributed by atoms with Gasteiger partial charge in [-0.15, -0.1) is 0 Å². The van der Waals surface area contributed by atoms with Gasteiger partial charge in [0, 0.05) is 11.9 Å². The highest BCUT2D eigenvalue weighted by Crippen LogP contribution is 2.15. The Morgan fingerprint density at radius 1 is 1.26 bits per heavy atom. The molecule has 0 fully saturated rings. The number of carbonyl (C=O) groups is 2. The van der Waals surface area contributed by atoms with Crippen LogP contribution in [0.2, 0.25) is 5.15 Å². The summed E-state index contributed by atoms with van der Waals surface area (Å²) in [7, 11) is 0. The van der Waals surface area contributed by atoms with Crippen LogP contribution in [-0.4, -0.2) is 23.0 Å². The Hall–Kier alpha value is -2.40. The number of aromatic nitrogens is 1. The number of anilines is 1. The van der Waals surface area contributed by atoms with Crippen molar-refractivity contribution in [3.05, 3.63) is 58.9 Å². The zero-order chi connectivity index (χ0) is 16.8. The van der Waals surface area contributed by atoms with Crippen molar-refractivity contribution in [2.24, 2.45) is 0 Å². The first-order valence-electron chi connectivity index (χ1n) is 7.22. The zero-order valence-electron chi connectivity index (χ0n) is 12.9. The van der Waals surface area contributed by atoms with E-state index in [0.29, 0.717) is 5.69 Å². The molecule has 2 aromatic rings. The molecule has 0 saturated carbocycles. The van der Waals surface area contributed by atoms with Crippen molar-refractivity contribution in [2.75, 3.05) is 5.32 Å². The van der Waals surface area contributed by atoms with Crippen molar-refractivity contribution in [1.82, 2.24) is 4.98 Å². The number of nitrogens with zero attached hydrogens (tertiary/aromatic N) is 1. The summed E-state index contributed by atoms with van der Waals surface area (Å²) in [5.74, 6) is -1.10. The van der Waals surface area contributed by atoms with Crippen molar-refractivity contribution in [3.63, 3.8) is 0 Å². The van der Waals surface area contributed by atoms with E-state index in [1.54, 1.807) is 6.07 Å². The smallest absolute Gasteiger partial charge is 0.342 e. The molecule has 0 aliphatic carbocycles. The molecule has 1 aromatic carbocycles. The maximum absolute atomic E-state index is 12.1. The molecular weight excluding hydrogens is 316 g/mol. The molecule has 6 heteroatoms. The van der Waals surface area contributed by atoms with Crippen molar-refractivity contribution in [3.8, 4) is 0 Å². The maximum atomic E-state index is 12.1. The lowest BCUT2D eigenvalue weighted by Crippen LogP contribution is -2.30. The van der Waals surface area contributed by atoms with Gasteiger partial charge in [-0.2, -0.15) is 0 Å². The third kappa shape index (κ3) is 4.53. The standard InChI is InChI=1S/C17H17ClN2O3/c1-3-12-6-8-13(9-7-12)20-16(21)11(2)23-17(22)14-5-4-10-19-15(14)18/h4-11H,3H2,1-2H3,(H,20,21). The third-order valence-electron chi connectivity index (χ3n) is 3.26. The number of hydrogen-bond acceptors (Lipinski definition) is 4. The second-order valence-corrected chi connectivity index (χ2v) is 5.29. The molecule has 5 nitrogen and oxygen atoms in total. The van der Waals surface area contributed by atoms with Gasteiger partial charge in [0.1, 0.15) is 5.15 Å². The molecule has 0 aliphatic heterocycles. The van der Waals surface area contributed by atoms with Gasteiger partial charge in [-0.1, -0.05) is 30.7 Å². The minimum absolute atomic E-state index is 0.0419. The number of carbonyl (C=O) groups excluding carboxylic acids is 2. The first-order chi connectivity index (χ1) is 11.0. The van der Waals surface area contributed by atoms with Crippen LogP contribution in [0.4, 0.5) is 5.69 Å². The van der Waals surface area contributed by atoms with Crippen LogP contribution >= 0.6 is 11.6 Å². The fourth-order valence-corrected chi connectivity index (χ4v) is 2.08. The first kappa shape index (κ1) is 17.0. The molecule has 1 aromatic heterocycles. The molecule has 0 bridgehead atoms. The third-order valence-corrected chi connectivity index (χ3v) is 3.56. The molecule has 1 heterocycles. The molecule has 1 N–H and O–H groups in total. The summed E-state index contributed by atoms with van der Waals surface area (Å²) in [6.07, 6.45) is 1.44. The van der Waals surface area contributed by atoms with Crippen LogP contribution in [0.25, 0.3) is 0 Å². The van der Waals surface area contributed by atoms with E-state index in [-0.39, 0.29) is 10.7 Å². The number of rotatable bonds is 5. The number of esters is 1. The maximum Gasteiger partial charge on any atom is 0.342 e. The van der Waals surface area contributed by atoms with Gasteiger partial charge in [-0.25, -0.2) is 9.78 Å². The number of nitrogens with one attached hydrogen (secondary N) is 1. The van der Waals surface area contributed by atoms with E-state index in [1.807, 2.05) is 24.3 Å². The lowest BCUT2D eigenvalue weighted by atomic mass is 10.1. The molecule has 0 radical (unpaired) electrons. The quantitative estimate of drug-likeness (QED) is 0.672. The van der Waals surface area contributed by atoms with E-state index in [2.05, 4.69) is 17.2 Å². The SMILES string of the molecule is CCc1ccc(NC(=O)C(C)OC(=O)c2cccnc2Cl)cc1. The van der Waals surface area contributed by atoms with E-state index in [9.17, 15) is 9.59 Å². The van der Waals surface area contributed by atoms with Crippen molar-refractivity contribution in [1.29, 1.82) is 0 Å². The fourth-order valence-electron chi connectivity index (χ4n) is 1.88. The Kier molecular flexibility index (Phi) is 5.71. The van der Waals surface area contributed by atoms with Gasteiger partial charge in [0.25, 0.3) is 5.91 Å². The van der Waals surface area contributed by atoms with E-state index in [1.165, 1.54) is 24.8 Å². The Labute approximate surface area is 139 Å². The Morgan fingerprint density at radius 2 is 1.96 bits per heavy atom. The Bertz CT molecular complexity index is 701. The van der Waals surface area contributed by atoms with E-state index in [0.717, 1.165) is 6.42 Å². The lowest BCUT2D eigenvalue weighted by molar-refractivity contribution is -0.123. The second-order valence-electron chi connectivity index (χ2n) is 4.93. The highest BCUT2D eigenvalue weighted by atomic mass is 35.5. The molecule has 0 aliphatic rings. The summed E-state index contributed by atoms with van der Waals surface area (Å²) in [6.45, 7) is 3.55. The molecule has 1 unspecified atom stereocenters. The topological polar surface area (TPSA) is 68.3 Å². The van der Waals surface area contributed by atoms with Gasteiger partial charge >= 0.3 is 5.97 Å². The lowest BCUT2D eigenvalue weighted by Gasteiger charge is -2.14. The average Bonchev–Trinajstić information content (AvgIpc) is 2.55. The summed E-state index contributed by atoms with van der Waals surface area (Å²) >= 11 is 5.83. The largest absolute Gasteiger partial charge is 0.449 e. The molecule has 0 saturated heterocycles. The van der Waals surface area contributed by atoms with Gasteiger partial charge in [-0.05, 0) is 43.2 Å². The molecule has 1 atom stereocenters. The number of hydrogen-bond donors (Lipinski definition) is 1. The Morgan fingerprint density at radius 3 is 2.57 bits per heavy atom. The molecule has 1 amide bonds. The minimum atomic E-state index is -0.954. The highest BCUT2D eigenvalue weighted by molar-refractivity contribution is 6.32. The second kappa shape index (κ2) is 7.74. The van der Waals surface area contributed by atoms with Crippen LogP contribution in [-0.2, 0) is 16.0 Å². The zero-order valence-corrected chi connectivity index (χ0v) is 13.6. The summed E-state index contributed by atoms with van der Waals surface area (Å²) < 4.78 is 5.12. The van der Waals surface area contributed by atoms with Crippen molar-refractivity contribution in [2.45, 2.75) is 26.4 Å². The van der Waals surface area contributed by atoms with E-state index >= 15 is 0 Å². The van der Waals surface area contributed by atoms with Gasteiger partial charge in [-0.3, -0.25) is 4.79 Å². The van der Waals surface area contributed by atoms with Gasteiger partial charge in [0.2, 0.25) is 0 Å². The normalized spacial score (nSPS) is 11.6. The number of ether oxygens (including phenoxy) is 1. The highest BCUT2D eigenvalue weighted by Gasteiger charge is 2.20. The Balaban J connectivity index is 1.96. The molecule has 2 rings (SSSR count). The average molecular weight is 333 g/mol. The van der Waals surface area contributed by atoms with Crippen LogP contribution in [0.1, 0.15) is 29.8 Å². The summed E-state index contributed by atoms with van der Waals surface area (Å²) in [5, 5.41) is 2.74. The number of benzene rings is 1. The van der Waals surface area contributed by atoms with Crippen LogP contribution in [0, 0.1) is 0 Å². The molecule has 23 heavy (non-hydrogen) atoms. The van der Waals surface area contributed by atoms with E-state index < -0.39 is 18.0 Å². The van der Waals surface area contributed by atoms with Crippen LogP contribution in [0.3, 0.4) is 0 Å². The fraction of sp³-hybridized carbons (Fsp3) is 0.235. The predicted molar refractivity (Wildman–Crippen MR) is 88.6 cm³/mol. The summed E-state index contributed by atoms with van der Waals surface area (Å²) in [4.78, 5) is 27.9. The van der Waals surface area contributed by atoms with Gasteiger partial charge in [0.05, 0.1) is 5.56 Å². The number of aryl methyl sites for hydroxylation is 1. The van der Waals surface area contributed by atoms with Crippen LogP contribution in [0.5, 0.6) is 0 Å². The number of amides is 1. The molecule has 0 spiro atoms. The van der Waals surface area contributed by atoms with Gasteiger partial charge < -0.3 is 10.1 Å². The minimum Gasteiger partial charge on any atom is -0.449 e. The molecule has 120 valence electrons.